The molecule has 0 N–H and O–H groups in total. The summed E-state index contributed by atoms with van der Waals surface area (Å²) < 4.78 is 0. The van der Waals surface area contributed by atoms with Gasteiger partial charge in [-0.15, -0.1) is 0 Å². The third-order valence-corrected chi connectivity index (χ3v) is 11.7. The summed E-state index contributed by atoms with van der Waals surface area (Å²) in [5.74, 6) is 0. The van der Waals surface area contributed by atoms with E-state index in [2.05, 4.69) is 232 Å². The molecule has 0 unspecified atom stereocenters. The van der Waals surface area contributed by atoms with E-state index in [4.69, 9.17) is 0 Å². The van der Waals surface area contributed by atoms with Gasteiger partial charge in [-0.1, -0.05) is 131 Å². The van der Waals surface area contributed by atoms with Crippen molar-refractivity contribution in [3.05, 3.63) is 216 Å². The highest BCUT2D eigenvalue weighted by atomic mass is 15.1. The Kier molecular flexibility index (Phi) is 8.76. The van der Waals surface area contributed by atoms with Crippen LogP contribution in [0.1, 0.15) is 22.3 Å². The smallest absolute Gasteiger partial charge is 0.0462 e. The van der Waals surface area contributed by atoms with Gasteiger partial charge in [-0.3, -0.25) is 0 Å². The fourth-order valence-electron chi connectivity index (χ4n) is 8.58. The molecule has 0 aliphatic heterocycles. The van der Waals surface area contributed by atoms with Crippen molar-refractivity contribution in [3.8, 4) is 22.3 Å². The molecule has 10 aromatic carbocycles. The summed E-state index contributed by atoms with van der Waals surface area (Å²) in [5.41, 5.74) is 16.7. The minimum Gasteiger partial charge on any atom is -0.311 e. The molecule has 278 valence electrons. The average molecular weight is 745 g/mol. The van der Waals surface area contributed by atoms with Crippen molar-refractivity contribution in [1.82, 2.24) is 0 Å². The zero-order chi connectivity index (χ0) is 39.3. The number of aryl methyl sites for hydroxylation is 4. The third-order valence-electron chi connectivity index (χ3n) is 11.7. The molecule has 0 heterocycles. The Hall–Kier alpha value is -7.16. The molecule has 0 fully saturated rings. The molecule has 0 amide bonds. The molecule has 0 saturated heterocycles. The summed E-state index contributed by atoms with van der Waals surface area (Å²) in [6.07, 6.45) is 0. The van der Waals surface area contributed by atoms with Gasteiger partial charge in [-0.2, -0.15) is 0 Å². The summed E-state index contributed by atoms with van der Waals surface area (Å²) >= 11 is 0. The van der Waals surface area contributed by atoms with Crippen LogP contribution in [0.3, 0.4) is 0 Å². The molecule has 0 spiro atoms. The summed E-state index contributed by atoms with van der Waals surface area (Å²) in [4.78, 5) is 4.68. The largest absolute Gasteiger partial charge is 0.311 e. The maximum absolute atomic E-state index is 2.38. The van der Waals surface area contributed by atoms with Gasteiger partial charge in [0.2, 0.25) is 0 Å². The summed E-state index contributed by atoms with van der Waals surface area (Å²) in [6.45, 7) is 8.55. The number of anilines is 6. The van der Waals surface area contributed by atoms with Crippen LogP contribution in [0.15, 0.2) is 194 Å². The van der Waals surface area contributed by atoms with Crippen LogP contribution in [0.4, 0.5) is 34.1 Å². The van der Waals surface area contributed by atoms with Gasteiger partial charge < -0.3 is 9.80 Å². The van der Waals surface area contributed by atoms with E-state index in [1.54, 1.807) is 0 Å². The molecule has 10 aromatic rings. The highest BCUT2D eigenvalue weighted by Crippen LogP contribution is 2.45. The number of hydrogen-bond acceptors (Lipinski definition) is 2. The molecular weight excluding hydrogens is 701 g/mol. The van der Waals surface area contributed by atoms with E-state index in [-0.39, 0.29) is 0 Å². The van der Waals surface area contributed by atoms with Crippen LogP contribution in [0.5, 0.6) is 0 Å². The highest BCUT2D eigenvalue weighted by Gasteiger charge is 2.19. The van der Waals surface area contributed by atoms with Gasteiger partial charge in [-0.25, -0.2) is 0 Å². The van der Waals surface area contributed by atoms with Gasteiger partial charge in [0.25, 0.3) is 0 Å². The van der Waals surface area contributed by atoms with Crippen LogP contribution in [-0.4, -0.2) is 0 Å². The fourth-order valence-corrected chi connectivity index (χ4v) is 8.58. The van der Waals surface area contributed by atoms with E-state index in [0.29, 0.717) is 0 Å². The monoisotopic (exact) mass is 744 g/mol. The van der Waals surface area contributed by atoms with E-state index in [0.717, 1.165) is 34.1 Å². The van der Waals surface area contributed by atoms with E-state index in [1.807, 2.05) is 0 Å². The average Bonchev–Trinajstić information content (AvgIpc) is 3.26. The molecule has 2 heteroatoms. The van der Waals surface area contributed by atoms with Gasteiger partial charge in [0, 0.05) is 34.1 Å². The maximum Gasteiger partial charge on any atom is 0.0462 e. The second kappa shape index (κ2) is 14.4. The topological polar surface area (TPSA) is 6.48 Å². The van der Waals surface area contributed by atoms with Crippen molar-refractivity contribution in [2.45, 2.75) is 27.7 Å². The molecule has 0 aliphatic rings. The Bertz CT molecular complexity index is 2740. The predicted octanol–water partition coefficient (Wildman–Crippen LogP) is 16.1. The van der Waals surface area contributed by atoms with Gasteiger partial charge in [-0.05, 0) is 167 Å². The van der Waals surface area contributed by atoms with Crippen molar-refractivity contribution in [3.63, 3.8) is 0 Å². The van der Waals surface area contributed by atoms with Gasteiger partial charge >= 0.3 is 0 Å². The molecule has 58 heavy (non-hydrogen) atoms. The van der Waals surface area contributed by atoms with Crippen LogP contribution >= 0.6 is 0 Å². The maximum atomic E-state index is 2.38. The first-order valence-corrected chi connectivity index (χ1v) is 20.2. The molecule has 2 nitrogen and oxygen atoms in total. The van der Waals surface area contributed by atoms with Crippen molar-refractivity contribution < 1.29 is 0 Å². The number of benzene rings is 10. The second-order valence-corrected chi connectivity index (χ2v) is 15.8. The van der Waals surface area contributed by atoms with Crippen molar-refractivity contribution in [1.29, 1.82) is 0 Å². The summed E-state index contributed by atoms with van der Waals surface area (Å²) in [5, 5.41) is 7.70. The van der Waals surface area contributed by atoms with E-state index in [1.165, 1.54) is 76.8 Å². The van der Waals surface area contributed by atoms with Crippen LogP contribution < -0.4 is 9.80 Å². The first kappa shape index (κ1) is 35.3. The molecule has 0 atom stereocenters. The molecular formula is C56H44N2. The standard InChI is InChI=1S/C56H44N2/c1-37-11-23-45(24-12-37)57(46-25-13-38(2)14-26-46)49-31-19-41(20-32-49)53-35-43-7-5-8-44-36-54(52-10-6-9-51(53)56(52)55(43)44)42-21-33-50(34-22-42)58(47-27-15-39(3)16-28-47)48-29-17-40(4)18-30-48/h5-36H,1-4H3. The Labute approximate surface area is 341 Å². The van der Waals surface area contributed by atoms with Gasteiger partial charge in [0.15, 0.2) is 0 Å². The number of hydrogen-bond donors (Lipinski definition) is 0. The molecule has 0 aliphatic carbocycles. The summed E-state index contributed by atoms with van der Waals surface area (Å²) in [7, 11) is 0. The third kappa shape index (κ3) is 6.33. The Morgan fingerprint density at radius 2 is 0.552 bits per heavy atom. The first-order chi connectivity index (χ1) is 28.4. The van der Waals surface area contributed by atoms with Crippen LogP contribution in [0.2, 0.25) is 0 Å². The van der Waals surface area contributed by atoms with E-state index in [9.17, 15) is 0 Å². The van der Waals surface area contributed by atoms with Gasteiger partial charge in [0.05, 0.1) is 0 Å². The lowest BCUT2D eigenvalue weighted by atomic mass is 9.85. The lowest BCUT2D eigenvalue weighted by Crippen LogP contribution is -2.09. The normalized spacial score (nSPS) is 11.4. The van der Waals surface area contributed by atoms with E-state index < -0.39 is 0 Å². The predicted molar refractivity (Wildman–Crippen MR) is 249 cm³/mol. The van der Waals surface area contributed by atoms with Crippen molar-refractivity contribution >= 4 is 66.4 Å². The lowest BCUT2D eigenvalue weighted by molar-refractivity contribution is 1.27. The van der Waals surface area contributed by atoms with E-state index >= 15 is 0 Å². The lowest BCUT2D eigenvalue weighted by Gasteiger charge is -2.26. The molecule has 0 radical (unpaired) electrons. The van der Waals surface area contributed by atoms with Crippen LogP contribution in [-0.2, 0) is 0 Å². The van der Waals surface area contributed by atoms with Gasteiger partial charge in [0.1, 0.15) is 0 Å². The number of rotatable bonds is 8. The Morgan fingerprint density at radius 1 is 0.276 bits per heavy atom. The first-order valence-electron chi connectivity index (χ1n) is 20.2. The zero-order valence-electron chi connectivity index (χ0n) is 33.4. The molecule has 0 bridgehead atoms. The Morgan fingerprint density at radius 3 is 0.862 bits per heavy atom. The number of nitrogens with zero attached hydrogens (tertiary/aromatic N) is 2. The molecule has 0 aromatic heterocycles. The van der Waals surface area contributed by atoms with Crippen LogP contribution in [0.25, 0.3) is 54.6 Å². The Balaban J connectivity index is 1.07. The van der Waals surface area contributed by atoms with Crippen LogP contribution in [0, 0.1) is 27.7 Å². The fraction of sp³-hybridized carbons (Fsp3) is 0.0714. The zero-order valence-corrected chi connectivity index (χ0v) is 33.4. The molecule has 10 rings (SSSR count). The molecule has 0 saturated carbocycles. The van der Waals surface area contributed by atoms with Crippen molar-refractivity contribution in [2.24, 2.45) is 0 Å². The highest BCUT2D eigenvalue weighted by molar-refractivity contribution is 6.29. The minimum absolute atomic E-state index is 1.13. The second-order valence-electron chi connectivity index (χ2n) is 15.8. The summed E-state index contributed by atoms with van der Waals surface area (Å²) in [6, 6.07) is 71.7. The van der Waals surface area contributed by atoms with Crippen molar-refractivity contribution in [2.75, 3.05) is 9.80 Å². The quantitative estimate of drug-likeness (QED) is 0.143. The SMILES string of the molecule is Cc1ccc(N(c2ccc(C)cc2)c2ccc(-c3cc4cccc5cc(-c6ccc(N(c7ccc(C)cc7)c7ccc(C)cc7)cc6)c6cccc3c6c45)cc2)cc1. The minimum atomic E-state index is 1.13.